The minimum atomic E-state index is -0.451. The number of nitrogens with zero attached hydrogens (tertiary/aromatic N) is 2. The van der Waals surface area contributed by atoms with Crippen LogP contribution in [0.1, 0.15) is 58.3 Å². The monoisotopic (exact) mass is 319 g/mol. The molecule has 0 atom stereocenters. The molecular formula is C17H25N3O3. The fraction of sp³-hybridized carbons (Fsp3) is 0.588. The number of aromatic nitrogens is 2. The van der Waals surface area contributed by atoms with Gasteiger partial charge in [0.25, 0.3) is 5.69 Å². The fourth-order valence-corrected chi connectivity index (χ4v) is 2.89. The zero-order valence-electron chi connectivity index (χ0n) is 13.7. The molecule has 0 aliphatic carbocycles. The number of aryl methyl sites for hydroxylation is 1. The SMILES string of the molecule is CCCCCCCCCCn1c(=O)[nH]c2cc([N+](=O)[O-])ccc21. The number of hydrogen-bond acceptors (Lipinski definition) is 3. The molecule has 0 fully saturated rings. The fourth-order valence-electron chi connectivity index (χ4n) is 2.89. The van der Waals surface area contributed by atoms with Crippen molar-refractivity contribution in [3.05, 3.63) is 38.8 Å². The highest BCUT2D eigenvalue weighted by Crippen LogP contribution is 2.19. The number of hydrogen-bond donors (Lipinski definition) is 1. The Hall–Kier alpha value is -2.11. The van der Waals surface area contributed by atoms with Gasteiger partial charge in [0.2, 0.25) is 0 Å². The van der Waals surface area contributed by atoms with E-state index in [1.165, 1.54) is 50.7 Å². The van der Waals surface area contributed by atoms with E-state index in [0.29, 0.717) is 12.1 Å². The first kappa shape index (κ1) is 17.2. The van der Waals surface area contributed by atoms with Gasteiger partial charge in [-0.05, 0) is 12.5 Å². The van der Waals surface area contributed by atoms with Crippen molar-refractivity contribution in [2.45, 2.75) is 64.8 Å². The molecule has 0 saturated heterocycles. The van der Waals surface area contributed by atoms with Gasteiger partial charge in [-0.15, -0.1) is 0 Å². The van der Waals surface area contributed by atoms with Crippen LogP contribution in [0, 0.1) is 10.1 Å². The van der Waals surface area contributed by atoms with Crippen molar-refractivity contribution >= 4 is 16.7 Å². The van der Waals surface area contributed by atoms with Crippen molar-refractivity contribution in [2.24, 2.45) is 0 Å². The zero-order chi connectivity index (χ0) is 16.7. The first-order chi connectivity index (χ1) is 11.1. The number of nitro groups is 1. The van der Waals surface area contributed by atoms with Crippen LogP contribution in [0.4, 0.5) is 5.69 Å². The number of benzene rings is 1. The molecule has 0 aliphatic heterocycles. The van der Waals surface area contributed by atoms with E-state index in [1.54, 1.807) is 10.6 Å². The normalized spacial score (nSPS) is 11.2. The van der Waals surface area contributed by atoms with E-state index in [-0.39, 0.29) is 11.4 Å². The molecule has 6 nitrogen and oxygen atoms in total. The third kappa shape index (κ3) is 4.68. The van der Waals surface area contributed by atoms with Gasteiger partial charge in [0.15, 0.2) is 0 Å². The molecule has 6 heteroatoms. The summed E-state index contributed by atoms with van der Waals surface area (Å²) in [5, 5.41) is 10.8. The Balaban J connectivity index is 1.87. The Labute approximate surface area is 135 Å². The molecule has 0 unspecified atom stereocenters. The lowest BCUT2D eigenvalue weighted by molar-refractivity contribution is -0.384. The first-order valence-electron chi connectivity index (χ1n) is 8.50. The van der Waals surface area contributed by atoms with Crippen LogP contribution in [0.3, 0.4) is 0 Å². The smallest absolute Gasteiger partial charge is 0.305 e. The molecule has 2 rings (SSSR count). The van der Waals surface area contributed by atoms with Crippen LogP contribution in [0.25, 0.3) is 11.0 Å². The van der Waals surface area contributed by atoms with Crippen LogP contribution in [0.5, 0.6) is 0 Å². The molecule has 2 aromatic rings. The number of imidazole rings is 1. The highest BCUT2D eigenvalue weighted by molar-refractivity contribution is 5.77. The Morgan fingerprint density at radius 3 is 2.39 bits per heavy atom. The molecule has 1 heterocycles. The largest absolute Gasteiger partial charge is 0.326 e. The van der Waals surface area contributed by atoms with Crippen LogP contribution in [-0.4, -0.2) is 14.5 Å². The lowest BCUT2D eigenvalue weighted by Crippen LogP contribution is -2.16. The number of fused-ring (bicyclic) bond motifs is 1. The number of H-pyrrole nitrogens is 1. The Bertz CT molecular complexity index is 703. The molecule has 1 aromatic heterocycles. The van der Waals surface area contributed by atoms with Gasteiger partial charge >= 0.3 is 5.69 Å². The van der Waals surface area contributed by atoms with Gasteiger partial charge in [0.05, 0.1) is 16.0 Å². The van der Waals surface area contributed by atoms with Gasteiger partial charge in [-0.25, -0.2) is 4.79 Å². The molecule has 0 radical (unpaired) electrons. The second-order valence-electron chi connectivity index (χ2n) is 6.02. The highest BCUT2D eigenvalue weighted by atomic mass is 16.6. The average Bonchev–Trinajstić information content (AvgIpc) is 2.84. The summed E-state index contributed by atoms with van der Waals surface area (Å²) in [7, 11) is 0. The van der Waals surface area contributed by atoms with E-state index in [1.807, 2.05) is 0 Å². The molecule has 0 amide bonds. The molecule has 0 saturated carbocycles. The van der Waals surface area contributed by atoms with Gasteiger partial charge < -0.3 is 4.98 Å². The van der Waals surface area contributed by atoms with E-state index >= 15 is 0 Å². The van der Waals surface area contributed by atoms with E-state index in [9.17, 15) is 14.9 Å². The summed E-state index contributed by atoms with van der Waals surface area (Å²) >= 11 is 0. The number of nitrogens with one attached hydrogen (secondary N) is 1. The lowest BCUT2D eigenvalue weighted by Gasteiger charge is -2.04. The maximum absolute atomic E-state index is 12.0. The third-order valence-electron chi connectivity index (χ3n) is 4.20. The third-order valence-corrected chi connectivity index (χ3v) is 4.20. The highest BCUT2D eigenvalue weighted by Gasteiger charge is 2.11. The summed E-state index contributed by atoms with van der Waals surface area (Å²) in [4.78, 5) is 25.0. The summed E-state index contributed by atoms with van der Waals surface area (Å²) in [6.45, 7) is 2.87. The van der Waals surface area contributed by atoms with Crippen LogP contribution in [0.15, 0.2) is 23.0 Å². The Morgan fingerprint density at radius 1 is 1.09 bits per heavy atom. The predicted octanol–water partition coefficient (Wildman–Crippen LogP) is 4.38. The summed E-state index contributed by atoms with van der Waals surface area (Å²) in [5.41, 5.74) is 1.08. The lowest BCUT2D eigenvalue weighted by atomic mass is 10.1. The van der Waals surface area contributed by atoms with Crippen molar-refractivity contribution in [2.75, 3.05) is 0 Å². The van der Waals surface area contributed by atoms with Gasteiger partial charge in [0.1, 0.15) is 0 Å². The van der Waals surface area contributed by atoms with Crippen LogP contribution >= 0.6 is 0 Å². The molecule has 0 spiro atoms. The molecule has 23 heavy (non-hydrogen) atoms. The van der Waals surface area contributed by atoms with E-state index < -0.39 is 4.92 Å². The molecule has 1 aromatic carbocycles. The minimum Gasteiger partial charge on any atom is -0.305 e. The van der Waals surface area contributed by atoms with Gasteiger partial charge in [0, 0.05) is 18.7 Å². The van der Waals surface area contributed by atoms with Gasteiger partial charge in [-0.1, -0.05) is 51.9 Å². The topological polar surface area (TPSA) is 80.9 Å². The van der Waals surface area contributed by atoms with Crippen molar-refractivity contribution in [3.63, 3.8) is 0 Å². The predicted molar refractivity (Wildman–Crippen MR) is 91.8 cm³/mol. The number of nitro benzene ring substituents is 1. The summed E-state index contributed by atoms with van der Waals surface area (Å²) in [6, 6.07) is 4.51. The van der Waals surface area contributed by atoms with Gasteiger partial charge in [-0.3, -0.25) is 14.7 Å². The van der Waals surface area contributed by atoms with E-state index in [0.717, 1.165) is 18.4 Å². The summed E-state index contributed by atoms with van der Waals surface area (Å²) < 4.78 is 1.68. The number of non-ortho nitro benzene ring substituents is 1. The number of aromatic amines is 1. The maximum Gasteiger partial charge on any atom is 0.326 e. The Morgan fingerprint density at radius 2 is 1.74 bits per heavy atom. The zero-order valence-corrected chi connectivity index (χ0v) is 13.7. The second kappa shape index (κ2) is 8.50. The van der Waals surface area contributed by atoms with Crippen molar-refractivity contribution in [1.82, 2.24) is 9.55 Å². The molecule has 0 aliphatic rings. The summed E-state index contributed by atoms with van der Waals surface area (Å²) in [6.07, 6.45) is 9.72. The van der Waals surface area contributed by atoms with Crippen molar-refractivity contribution in [1.29, 1.82) is 0 Å². The van der Waals surface area contributed by atoms with Crippen LogP contribution < -0.4 is 5.69 Å². The molecule has 0 bridgehead atoms. The molecule has 126 valence electrons. The van der Waals surface area contributed by atoms with Gasteiger partial charge in [-0.2, -0.15) is 0 Å². The minimum absolute atomic E-state index is 0.00187. The van der Waals surface area contributed by atoms with Crippen molar-refractivity contribution in [3.8, 4) is 0 Å². The first-order valence-corrected chi connectivity index (χ1v) is 8.50. The second-order valence-corrected chi connectivity index (χ2v) is 6.02. The van der Waals surface area contributed by atoms with Crippen LogP contribution in [0.2, 0.25) is 0 Å². The van der Waals surface area contributed by atoms with Crippen molar-refractivity contribution < 1.29 is 4.92 Å². The Kier molecular flexibility index (Phi) is 6.38. The maximum atomic E-state index is 12.0. The average molecular weight is 319 g/mol. The summed E-state index contributed by atoms with van der Waals surface area (Å²) in [5.74, 6) is 0. The number of rotatable bonds is 10. The van der Waals surface area contributed by atoms with E-state index in [2.05, 4.69) is 11.9 Å². The quantitative estimate of drug-likeness (QED) is 0.401. The molecular weight excluding hydrogens is 294 g/mol. The number of unbranched alkanes of at least 4 members (excludes halogenated alkanes) is 7. The van der Waals surface area contributed by atoms with Crippen LogP contribution in [-0.2, 0) is 6.54 Å². The van der Waals surface area contributed by atoms with E-state index in [4.69, 9.17) is 0 Å². The molecule has 1 N–H and O–H groups in total. The standard InChI is InChI=1S/C17H25N3O3/c1-2-3-4-5-6-7-8-9-12-19-16-11-10-14(20(22)23)13-15(16)18-17(19)21/h10-11,13H,2-9,12H2,1H3,(H,18,21).